The van der Waals surface area contributed by atoms with E-state index in [0.29, 0.717) is 0 Å². The van der Waals surface area contributed by atoms with E-state index < -0.39 is 40.5 Å². The van der Waals surface area contributed by atoms with Crippen LogP contribution in [0, 0.1) is 5.41 Å². The molecule has 174 valence electrons. The Morgan fingerprint density at radius 2 is 1.67 bits per heavy atom. The first kappa shape index (κ1) is 23.3. The molecule has 2 aromatic rings. The third kappa shape index (κ3) is 3.90. The Morgan fingerprint density at radius 1 is 1.09 bits per heavy atom. The topological polar surface area (TPSA) is 108 Å². The van der Waals surface area contributed by atoms with Crippen LogP contribution in [0.5, 0.6) is 0 Å². The fourth-order valence-corrected chi connectivity index (χ4v) is 5.68. The van der Waals surface area contributed by atoms with Gasteiger partial charge in [-0.3, -0.25) is 20.1 Å². The van der Waals surface area contributed by atoms with E-state index in [4.69, 9.17) is 19.9 Å². The first-order chi connectivity index (χ1) is 15.9. The van der Waals surface area contributed by atoms with Gasteiger partial charge < -0.3 is 19.1 Å². The molecule has 0 bridgehead atoms. The molecule has 4 rings (SSSR count). The third-order valence-corrected chi connectivity index (χ3v) is 7.58. The highest BCUT2D eigenvalue weighted by molar-refractivity contribution is 8.00. The molecule has 2 aliphatic heterocycles. The molecular weight excluding hydrogens is 444 g/mol. The van der Waals surface area contributed by atoms with Crippen LogP contribution < -0.4 is 5.73 Å². The molecule has 2 heterocycles. The summed E-state index contributed by atoms with van der Waals surface area (Å²) in [5.74, 6) is -1.89. The number of hydrogen-bond donors (Lipinski definition) is 1. The summed E-state index contributed by atoms with van der Waals surface area (Å²) in [6.45, 7) is 1.58. The zero-order valence-electron chi connectivity index (χ0n) is 18.4. The van der Waals surface area contributed by atoms with Crippen LogP contribution in [0.1, 0.15) is 24.2 Å². The van der Waals surface area contributed by atoms with Crippen molar-refractivity contribution < 1.29 is 28.6 Å². The number of thioether (sulfide) groups is 1. The van der Waals surface area contributed by atoms with Crippen LogP contribution in [-0.2, 0) is 28.6 Å². The van der Waals surface area contributed by atoms with Crippen molar-refractivity contribution in [2.24, 2.45) is 11.1 Å². The average molecular weight is 471 g/mol. The second-order valence-corrected chi connectivity index (χ2v) is 9.07. The Balaban J connectivity index is 1.66. The van der Waals surface area contributed by atoms with Crippen molar-refractivity contribution in [2.45, 2.75) is 24.1 Å². The summed E-state index contributed by atoms with van der Waals surface area (Å²) in [6.07, 6.45) is -0.728. The highest BCUT2D eigenvalue weighted by Gasteiger charge is 2.67. The molecule has 0 saturated carbocycles. The van der Waals surface area contributed by atoms with Crippen LogP contribution in [-0.4, -0.2) is 59.9 Å². The zero-order chi connectivity index (χ0) is 23.6. The second-order valence-electron chi connectivity index (χ2n) is 8.00. The lowest BCUT2D eigenvalue weighted by molar-refractivity contribution is -0.196. The number of esters is 2. The standard InChI is InChI=1S/C24H26N2O6S/c1-3-31-21(28)23(14-26-19(27)24(25,30-2)20(26)33-15-23)22(29)32-18(16-10-6-4-7-11-16)17-12-8-5-9-13-17/h4-13,18,20H,3,14-15,25H2,1-2H3/t20-,23?,24?/m1/s1. The molecule has 2 saturated heterocycles. The molecule has 9 heteroatoms. The molecule has 1 amide bonds. The van der Waals surface area contributed by atoms with Crippen molar-refractivity contribution in [3.05, 3.63) is 71.8 Å². The number of fused-ring (bicyclic) bond motifs is 1. The quantitative estimate of drug-likeness (QED) is 0.284. The molecule has 2 fully saturated rings. The van der Waals surface area contributed by atoms with Gasteiger partial charge in [-0.2, -0.15) is 0 Å². The Kier molecular flexibility index (Phi) is 6.47. The lowest BCUT2D eigenvalue weighted by Gasteiger charge is -2.57. The van der Waals surface area contributed by atoms with Crippen LogP contribution in [0.3, 0.4) is 0 Å². The number of carbonyl (C=O) groups is 3. The van der Waals surface area contributed by atoms with Crippen molar-refractivity contribution in [3.63, 3.8) is 0 Å². The van der Waals surface area contributed by atoms with Gasteiger partial charge in [0.2, 0.25) is 5.72 Å². The lowest BCUT2D eigenvalue weighted by atomic mass is 9.86. The number of nitrogens with zero attached hydrogens (tertiary/aromatic N) is 1. The predicted octanol–water partition coefficient (Wildman–Crippen LogP) is 2.09. The van der Waals surface area contributed by atoms with Crippen LogP contribution in [0.4, 0.5) is 0 Å². The summed E-state index contributed by atoms with van der Waals surface area (Å²) < 4.78 is 16.5. The van der Waals surface area contributed by atoms with E-state index in [-0.39, 0.29) is 18.9 Å². The van der Waals surface area contributed by atoms with Crippen LogP contribution >= 0.6 is 11.8 Å². The molecule has 2 unspecified atom stereocenters. The SMILES string of the molecule is CCOC(=O)C1(C(=O)OC(c2ccccc2)c2ccccc2)CS[C@H]2N(C1)C(=O)C2(N)OC. The molecular formula is C24H26N2O6S. The van der Waals surface area contributed by atoms with Gasteiger partial charge in [0.1, 0.15) is 5.37 Å². The van der Waals surface area contributed by atoms with Crippen molar-refractivity contribution in [3.8, 4) is 0 Å². The van der Waals surface area contributed by atoms with Gasteiger partial charge >= 0.3 is 11.9 Å². The fraction of sp³-hybridized carbons (Fsp3) is 0.375. The van der Waals surface area contributed by atoms with E-state index >= 15 is 0 Å². The minimum absolute atomic E-state index is 0.0533. The van der Waals surface area contributed by atoms with Gasteiger partial charge in [-0.25, -0.2) is 0 Å². The number of nitrogens with two attached hydrogens (primary N) is 1. The fourth-order valence-electron chi connectivity index (χ4n) is 4.12. The third-order valence-electron chi connectivity index (χ3n) is 6.00. The molecule has 3 atom stereocenters. The van der Waals surface area contributed by atoms with E-state index in [0.717, 1.165) is 11.1 Å². The summed E-state index contributed by atoms with van der Waals surface area (Å²) in [5, 5.41) is -0.496. The van der Waals surface area contributed by atoms with Crippen LogP contribution in [0.15, 0.2) is 60.7 Å². The van der Waals surface area contributed by atoms with E-state index in [2.05, 4.69) is 0 Å². The summed E-state index contributed by atoms with van der Waals surface area (Å²) in [7, 11) is 1.36. The van der Waals surface area contributed by atoms with Crippen molar-refractivity contribution in [1.82, 2.24) is 4.90 Å². The molecule has 0 spiro atoms. The number of β-lactam (4-membered cyclic amide) rings is 1. The van der Waals surface area contributed by atoms with Crippen molar-refractivity contribution >= 4 is 29.6 Å². The summed E-state index contributed by atoms with van der Waals surface area (Å²) in [4.78, 5) is 40.8. The maximum absolute atomic E-state index is 13.7. The Labute approximate surface area is 196 Å². The zero-order valence-corrected chi connectivity index (χ0v) is 19.2. The van der Waals surface area contributed by atoms with Gasteiger partial charge in [0.25, 0.3) is 5.91 Å². The summed E-state index contributed by atoms with van der Waals surface area (Å²) in [6, 6.07) is 18.6. The number of benzene rings is 2. The number of carbonyl (C=O) groups excluding carboxylic acids is 3. The second kappa shape index (κ2) is 9.17. The molecule has 0 aliphatic carbocycles. The van der Waals surface area contributed by atoms with Gasteiger partial charge in [0.05, 0.1) is 6.61 Å². The highest BCUT2D eigenvalue weighted by atomic mass is 32.2. The smallest absolute Gasteiger partial charge is 0.327 e. The average Bonchev–Trinajstić information content (AvgIpc) is 2.87. The Morgan fingerprint density at radius 3 is 2.18 bits per heavy atom. The minimum Gasteiger partial charge on any atom is -0.465 e. The van der Waals surface area contributed by atoms with E-state index in [1.165, 1.54) is 23.8 Å². The number of ether oxygens (including phenoxy) is 3. The maximum Gasteiger partial charge on any atom is 0.327 e. The summed E-state index contributed by atoms with van der Waals surface area (Å²) in [5.41, 5.74) is 4.45. The Hall–Kier alpha value is -2.88. The number of rotatable bonds is 7. The molecule has 2 aliphatic rings. The van der Waals surface area contributed by atoms with Gasteiger partial charge in [0.15, 0.2) is 11.5 Å². The monoisotopic (exact) mass is 470 g/mol. The molecule has 2 N–H and O–H groups in total. The number of amides is 1. The molecule has 2 aromatic carbocycles. The largest absolute Gasteiger partial charge is 0.465 e. The normalized spacial score (nSPS) is 26.4. The minimum atomic E-state index is -1.68. The predicted molar refractivity (Wildman–Crippen MR) is 122 cm³/mol. The van der Waals surface area contributed by atoms with Gasteiger partial charge in [0, 0.05) is 19.4 Å². The van der Waals surface area contributed by atoms with Crippen LogP contribution in [0.2, 0.25) is 0 Å². The first-order valence-corrected chi connectivity index (χ1v) is 11.7. The molecule has 0 aromatic heterocycles. The molecule has 0 radical (unpaired) electrons. The summed E-state index contributed by atoms with van der Waals surface area (Å²) >= 11 is 1.21. The highest BCUT2D eigenvalue weighted by Crippen LogP contribution is 2.47. The van der Waals surface area contributed by atoms with Crippen molar-refractivity contribution in [1.29, 1.82) is 0 Å². The van der Waals surface area contributed by atoms with Gasteiger partial charge in [-0.1, -0.05) is 60.7 Å². The van der Waals surface area contributed by atoms with E-state index in [9.17, 15) is 14.4 Å². The van der Waals surface area contributed by atoms with Gasteiger partial charge in [-0.15, -0.1) is 11.8 Å². The number of hydrogen-bond acceptors (Lipinski definition) is 8. The van der Waals surface area contributed by atoms with E-state index in [1.54, 1.807) is 6.92 Å². The first-order valence-electron chi connectivity index (χ1n) is 10.6. The van der Waals surface area contributed by atoms with Crippen molar-refractivity contribution in [2.75, 3.05) is 26.0 Å². The van der Waals surface area contributed by atoms with Crippen LogP contribution in [0.25, 0.3) is 0 Å². The number of methoxy groups -OCH3 is 1. The molecule has 33 heavy (non-hydrogen) atoms. The van der Waals surface area contributed by atoms with Gasteiger partial charge in [-0.05, 0) is 18.1 Å². The van der Waals surface area contributed by atoms with E-state index in [1.807, 2.05) is 60.7 Å². The Bertz CT molecular complexity index is 996. The maximum atomic E-state index is 13.7. The molecule has 8 nitrogen and oxygen atoms in total. The lowest BCUT2D eigenvalue weighted by Crippen LogP contribution is -2.81.